The van der Waals surface area contributed by atoms with Crippen molar-refractivity contribution < 1.29 is 14.3 Å². The molecule has 2 aliphatic rings. The molecular formula is C16H21N5O3. The van der Waals surface area contributed by atoms with Crippen LogP contribution in [0.2, 0.25) is 0 Å². The Hall–Kier alpha value is -2.69. The second kappa shape index (κ2) is 5.74. The van der Waals surface area contributed by atoms with Crippen LogP contribution in [0.3, 0.4) is 0 Å². The monoisotopic (exact) mass is 331 g/mol. The van der Waals surface area contributed by atoms with Crippen LogP contribution < -0.4 is 15.8 Å². The van der Waals surface area contributed by atoms with Crippen molar-refractivity contribution >= 4 is 17.6 Å². The van der Waals surface area contributed by atoms with Crippen molar-refractivity contribution in [2.75, 3.05) is 24.1 Å². The predicted molar refractivity (Wildman–Crippen MR) is 87.6 cm³/mol. The molecule has 1 aromatic rings. The molecule has 0 aromatic carbocycles. The Labute approximate surface area is 140 Å². The molecule has 1 amide bonds. The number of pyridine rings is 1. The third-order valence-electron chi connectivity index (χ3n) is 3.97. The van der Waals surface area contributed by atoms with Crippen molar-refractivity contribution in [3.05, 3.63) is 11.8 Å². The number of carbonyl (C=O) groups is 1. The lowest BCUT2D eigenvalue weighted by Gasteiger charge is -2.42. The molecule has 128 valence electrons. The van der Waals surface area contributed by atoms with Crippen LogP contribution >= 0.6 is 0 Å². The molecule has 3 rings (SSSR count). The number of rotatable bonds is 0. The number of hydrogen-bond acceptors (Lipinski definition) is 7. The van der Waals surface area contributed by atoms with Crippen molar-refractivity contribution in [2.24, 2.45) is 0 Å². The summed E-state index contributed by atoms with van der Waals surface area (Å²) in [7, 11) is 0. The highest BCUT2D eigenvalue weighted by Crippen LogP contribution is 2.37. The van der Waals surface area contributed by atoms with E-state index in [9.17, 15) is 10.1 Å². The normalized spacial score (nSPS) is 22.3. The summed E-state index contributed by atoms with van der Waals surface area (Å²) in [5.74, 6) is 0.873. The highest BCUT2D eigenvalue weighted by molar-refractivity contribution is 5.71. The van der Waals surface area contributed by atoms with Crippen molar-refractivity contribution in [1.82, 2.24) is 9.88 Å². The Morgan fingerprint density at radius 1 is 1.58 bits per heavy atom. The van der Waals surface area contributed by atoms with Gasteiger partial charge in [-0.3, -0.25) is 0 Å². The lowest BCUT2D eigenvalue weighted by molar-refractivity contribution is 0.00866. The molecule has 0 saturated carbocycles. The van der Waals surface area contributed by atoms with Crippen molar-refractivity contribution in [3.8, 4) is 11.8 Å². The summed E-state index contributed by atoms with van der Waals surface area (Å²) in [5, 5.41) is 12.5. The first-order chi connectivity index (χ1) is 11.3. The zero-order valence-electron chi connectivity index (χ0n) is 14.0. The van der Waals surface area contributed by atoms with E-state index in [1.54, 1.807) is 4.90 Å². The molecule has 1 fully saturated rings. The Morgan fingerprint density at radius 3 is 3.00 bits per heavy atom. The van der Waals surface area contributed by atoms with Crippen LogP contribution in [0.5, 0.6) is 5.75 Å². The number of nitrogens with one attached hydrogen (secondary N) is 1. The van der Waals surface area contributed by atoms with Gasteiger partial charge in [0.15, 0.2) is 11.6 Å². The summed E-state index contributed by atoms with van der Waals surface area (Å²) in [6, 6.07) is 1.95. The van der Waals surface area contributed by atoms with Gasteiger partial charge in [-0.05, 0) is 20.8 Å². The smallest absolute Gasteiger partial charge is 0.410 e. The van der Waals surface area contributed by atoms with Gasteiger partial charge in [-0.25, -0.2) is 9.78 Å². The van der Waals surface area contributed by atoms with Crippen LogP contribution in [-0.4, -0.2) is 46.8 Å². The second-order valence-corrected chi connectivity index (χ2v) is 7.00. The van der Waals surface area contributed by atoms with Gasteiger partial charge >= 0.3 is 6.09 Å². The number of hydrogen-bond donors (Lipinski definition) is 2. The largest absolute Gasteiger partial charge is 0.483 e. The minimum absolute atomic E-state index is 0.110. The summed E-state index contributed by atoms with van der Waals surface area (Å²) in [5.41, 5.74) is 5.84. The van der Waals surface area contributed by atoms with E-state index in [0.29, 0.717) is 42.3 Å². The third kappa shape index (κ3) is 3.02. The van der Waals surface area contributed by atoms with Gasteiger partial charge in [0, 0.05) is 19.5 Å². The topological polar surface area (TPSA) is 114 Å². The number of piperidine rings is 1. The number of ether oxygens (including phenoxy) is 2. The minimum Gasteiger partial charge on any atom is -0.483 e. The molecule has 8 heteroatoms. The summed E-state index contributed by atoms with van der Waals surface area (Å²) < 4.78 is 11.4. The first-order valence-electron chi connectivity index (χ1n) is 7.88. The minimum atomic E-state index is -0.530. The van der Waals surface area contributed by atoms with Gasteiger partial charge < -0.3 is 25.4 Å². The standard InChI is InChI=1S/C16H21N5O3/c1-16(2,3)24-15(22)21-5-4-12-11(8-21)20-14-13(23-12)9(6-17)10(18)7-19-14/h7,11-12H,4-5,8,18H2,1-3H3,(H,19,20)/t11-,12-/m1/s1. The number of aromatic nitrogens is 1. The molecule has 3 N–H and O–H groups in total. The Bertz CT molecular complexity index is 707. The van der Waals surface area contributed by atoms with Gasteiger partial charge in [0.1, 0.15) is 23.3 Å². The number of carbonyl (C=O) groups excluding carboxylic acids is 1. The zero-order chi connectivity index (χ0) is 17.5. The Balaban J connectivity index is 1.76. The van der Waals surface area contributed by atoms with E-state index in [4.69, 9.17) is 15.2 Å². The molecule has 0 radical (unpaired) electrons. The highest BCUT2D eigenvalue weighted by Gasteiger charge is 2.39. The molecular weight excluding hydrogens is 310 g/mol. The highest BCUT2D eigenvalue weighted by atomic mass is 16.6. The maximum atomic E-state index is 12.2. The van der Waals surface area contributed by atoms with Gasteiger partial charge in [0.2, 0.25) is 0 Å². The van der Waals surface area contributed by atoms with Gasteiger partial charge in [-0.15, -0.1) is 0 Å². The quantitative estimate of drug-likeness (QED) is 0.744. The van der Waals surface area contributed by atoms with E-state index in [0.717, 1.165) is 0 Å². The maximum absolute atomic E-state index is 12.2. The van der Waals surface area contributed by atoms with E-state index >= 15 is 0 Å². The van der Waals surface area contributed by atoms with Crippen LogP contribution in [0.25, 0.3) is 0 Å². The van der Waals surface area contributed by atoms with E-state index in [2.05, 4.69) is 16.4 Å². The molecule has 0 aliphatic carbocycles. The molecule has 1 aromatic heterocycles. The van der Waals surface area contributed by atoms with E-state index in [1.165, 1.54) is 6.20 Å². The third-order valence-corrected chi connectivity index (χ3v) is 3.97. The molecule has 8 nitrogen and oxygen atoms in total. The van der Waals surface area contributed by atoms with Crippen LogP contribution in [0.4, 0.5) is 16.3 Å². The second-order valence-electron chi connectivity index (χ2n) is 7.00. The summed E-state index contributed by atoms with van der Waals surface area (Å²) in [4.78, 5) is 18.1. The lowest BCUT2D eigenvalue weighted by atomic mass is 10.00. The number of nitrogens with two attached hydrogens (primary N) is 1. The fourth-order valence-corrected chi connectivity index (χ4v) is 2.87. The first-order valence-corrected chi connectivity index (χ1v) is 7.88. The molecule has 3 heterocycles. The first kappa shape index (κ1) is 16.2. The number of nitriles is 1. The number of likely N-dealkylation sites (tertiary alicyclic amines) is 1. The number of fused-ring (bicyclic) bond motifs is 2. The lowest BCUT2D eigenvalue weighted by Crippen LogP contribution is -2.56. The molecule has 1 saturated heterocycles. The van der Waals surface area contributed by atoms with Crippen molar-refractivity contribution in [2.45, 2.75) is 44.9 Å². The molecule has 0 unspecified atom stereocenters. The molecule has 2 atom stereocenters. The molecule has 0 spiro atoms. The summed E-state index contributed by atoms with van der Waals surface area (Å²) in [6.45, 7) is 6.51. The van der Waals surface area contributed by atoms with Crippen LogP contribution in [0, 0.1) is 11.3 Å². The molecule has 24 heavy (non-hydrogen) atoms. The molecule has 2 aliphatic heterocycles. The predicted octanol–water partition coefficient (Wildman–Crippen LogP) is 1.72. The van der Waals surface area contributed by atoms with Gasteiger partial charge in [-0.2, -0.15) is 5.26 Å². The van der Waals surface area contributed by atoms with Crippen LogP contribution in [-0.2, 0) is 4.74 Å². The molecule has 0 bridgehead atoms. The van der Waals surface area contributed by atoms with E-state index in [1.807, 2.05) is 20.8 Å². The number of amides is 1. The number of anilines is 2. The Kier molecular flexibility index (Phi) is 3.87. The van der Waals surface area contributed by atoms with Gasteiger partial charge in [-0.1, -0.05) is 0 Å². The SMILES string of the molecule is CC(C)(C)OC(=O)N1CC[C@H]2Oc3c(ncc(N)c3C#N)N[C@@H]2C1. The van der Waals surface area contributed by atoms with Gasteiger partial charge in [0.25, 0.3) is 0 Å². The average Bonchev–Trinajstić information content (AvgIpc) is 2.51. The van der Waals surface area contributed by atoms with Crippen molar-refractivity contribution in [1.29, 1.82) is 5.26 Å². The number of nitrogen functional groups attached to an aromatic ring is 1. The summed E-state index contributed by atoms with van der Waals surface area (Å²) in [6.07, 6.45) is 1.59. The van der Waals surface area contributed by atoms with E-state index < -0.39 is 5.60 Å². The van der Waals surface area contributed by atoms with E-state index in [-0.39, 0.29) is 18.2 Å². The van der Waals surface area contributed by atoms with Crippen LogP contribution in [0.15, 0.2) is 6.20 Å². The fraction of sp³-hybridized carbons (Fsp3) is 0.562. The summed E-state index contributed by atoms with van der Waals surface area (Å²) >= 11 is 0. The Morgan fingerprint density at radius 2 is 2.33 bits per heavy atom. The van der Waals surface area contributed by atoms with Crippen LogP contribution in [0.1, 0.15) is 32.8 Å². The number of nitrogens with zero attached hydrogens (tertiary/aromatic N) is 3. The van der Waals surface area contributed by atoms with Crippen molar-refractivity contribution in [3.63, 3.8) is 0 Å². The van der Waals surface area contributed by atoms with Gasteiger partial charge in [0.05, 0.1) is 17.9 Å². The average molecular weight is 331 g/mol. The maximum Gasteiger partial charge on any atom is 0.410 e. The fourth-order valence-electron chi connectivity index (χ4n) is 2.87. The zero-order valence-corrected chi connectivity index (χ0v) is 14.0.